The molecule has 3 unspecified atom stereocenters. The minimum atomic E-state index is -0.141. The third kappa shape index (κ3) is 3.52. The molecule has 0 aliphatic carbocycles. The van der Waals surface area contributed by atoms with Crippen LogP contribution in [0.1, 0.15) is 32.0 Å². The van der Waals surface area contributed by atoms with Gasteiger partial charge in [0.2, 0.25) is 5.91 Å². The van der Waals surface area contributed by atoms with Crippen molar-refractivity contribution >= 4 is 17.7 Å². The summed E-state index contributed by atoms with van der Waals surface area (Å²) in [5.41, 5.74) is 1.07. The number of amides is 1. The van der Waals surface area contributed by atoms with E-state index in [2.05, 4.69) is 18.5 Å². The number of nitrogens with one attached hydrogen (secondary N) is 1. The van der Waals surface area contributed by atoms with Crippen molar-refractivity contribution in [2.24, 2.45) is 0 Å². The Morgan fingerprint density at radius 1 is 1.48 bits per heavy atom. The summed E-state index contributed by atoms with van der Waals surface area (Å²) >= 11 is 1.82. The van der Waals surface area contributed by atoms with Crippen molar-refractivity contribution in [3.8, 4) is 5.75 Å². The van der Waals surface area contributed by atoms with Crippen LogP contribution in [0.4, 0.5) is 0 Å². The Balaban J connectivity index is 2.24. The molecule has 1 N–H and O–H groups in total. The molecule has 0 bridgehead atoms. The summed E-state index contributed by atoms with van der Waals surface area (Å²) in [7, 11) is 1.66. The van der Waals surface area contributed by atoms with Crippen LogP contribution in [0.15, 0.2) is 24.3 Å². The molecule has 5 heteroatoms. The predicted molar refractivity (Wildman–Crippen MR) is 87.6 cm³/mol. The van der Waals surface area contributed by atoms with Crippen molar-refractivity contribution in [3.63, 3.8) is 0 Å². The number of hydrogen-bond donors (Lipinski definition) is 1. The van der Waals surface area contributed by atoms with Crippen molar-refractivity contribution in [1.29, 1.82) is 0 Å². The van der Waals surface area contributed by atoms with Crippen LogP contribution in [0, 0.1) is 0 Å². The first kappa shape index (κ1) is 16.2. The highest BCUT2D eigenvalue weighted by molar-refractivity contribution is 7.98. The molecule has 116 valence electrons. The molecule has 1 fully saturated rings. The number of thioether (sulfide) groups is 1. The number of methoxy groups -OCH3 is 1. The highest BCUT2D eigenvalue weighted by Crippen LogP contribution is 2.30. The van der Waals surface area contributed by atoms with Gasteiger partial charge < -0.3 is 9.64 Å². The molecule has 1 amide bonds. The average Bonchev–Trinajstić information content (AvgIpc) is 2.80. The molecule has 1 aliphatic heterocycles. The molecule has 0 radical (unpaired) electrons. The van der Waals surface area contributed by atoms with E-state index in [-0.39, 0.29) is 24.2 Å². The largest absolute Gasteiger partial charge is 0.497 e. The van der Waals surface area contributed by atoms with E-state index in [0.717, 1.165) is 23.5 Å². The monoisotopic (exact) mass is 308 g/mol. The number of benzene rings is 1. The van der Waals surface area contributed by atoms with Gasteiger partial charge in [0.15, 0.2) is 0 Å². The smallest absolute Gasteiger partial charge is 0.241 e. The maximum atomic E-state index is 12.5. The van der Waals surface area contributed by atoms with E-state index in [1.54, 1.807) is 7.11 Å². The molecule has 3 atom stereocenters. The van der Waals surface area contributed by atoms with E-state index in [9.17, 15) is 4.79 Å². The Morgan fingerprint density at radius 2 is 2.24 bits per heavy atom. The Hall–Kier alpha value is -1.20. The molecule has 21 heavy (non-hydrogen) atoms. The van der Waals surface area contributed by atoms with Gasteiger partial charge in [-0.25, -0.2) is 0 Å². The summed E-state index contributed by atoms with van der Waals surface area (Å²) < 4.78 is 5.29. The van der Waals surface area contributed by atoms with Gasteiger partial charge in [0.05, 0.1) is 13.2 Å². The SMILES string of the molecule is COc1cccc(C2NC(C)C(=O)N2C(C)CCSC)c1. The lowest BCUT2D eigenvalue weighted by Gasteiger charge is -2.30. The number of ether oxygens (including phenoxy) is 1. The summed E-state index contributed by atoms with van der Waals surface area (Å²) in [5, 5.41) is 3.39. The predicted octanol–water partition coefficient (Wildman–Crippen LogP) is 2.66. The first-order chi connectivity index (χ1) is 10.1. The van der Waals surface area contributed by atoms with Crippen molar-refractivity contribution in [3.05, 3.63) is 29.8 Å². The first-order valence-corrected chi connectivity index (χ1v) is 8.69. The zero-order valence-corrected chi connectivity index (χ0v) is 13.9. The van der Waals surface area contributed by atoms with Gasteiger partial charge in [0, 0.05) is 6.04 Å². The Labute approximate surface area is 131 Å². The molecule has 4 nitrogen and oxygen atoms in total. The molecular weight excluding hydrogens is 284 g/mol. The van der Waals surface area contributed by atoms with Crippen molar-refractivity contribution in [1.82, 2.24) is 10.2 Å². The lowest BCUT2D eigenvalue weighted by atomic mass is 10.1. The lowest BCUT2D eigenvalue weighted by Crippen LogP contribution is -2.38. The van der Waals surface area contributed by atoms with Gasteiger partial charge >= 0.3 is 0 Å². The summed E-state index contributed by atoms with van der Waals surface area (Å²) in [4.78, 5) is 14.5. The Bertz CT molecular complexity index is 495. The fraction of sp³-hybridized carbons (Fsp3) is 0.562. The van der Waals surface area contributed by atoms with Crippen LogP contribution in [-0.4, -0.2) is 42.0 Å². The number of nitrogens with zero attached hydrogens (tertiary/aromatic N) is 1. The first-order valence-electron chi connectivity index (χ1n) is 7.29. The van der Waals surface area contributed by atoms with Crippen LogP contribution in [0.5, 0.6) is 5.75 Å². The Morgan fingerprint density at radius 3 is 2.90 bits per heavy atom. The topological polar surface area (TPSA) is 41.6 Å². The van der Waals surface area contributed by atoms with Gasteiger partial charge in [-0.15, -0.1) is 0 Å². The van der Waals surface area contributed by atoms with Crippen LogP contribution in [-0.2, 0) is 4.79 Å². The third-order valence-electron chi connectivity index (χ3n) is 3.94. The molecule has 0 spiro atoms. The minimum Gasteiger partial charge on any atom is -0.497 e. The second-order valence-electron chi connectivity index (χ2n) is 5.44. The summed E-state index contributed by atoms with van der Waals surface area (Å²) in [5.74, 6) is 2.05. The van der Waals surface area contributed by atoms with E-state index in [1.165, 1.54) is 0 Å². The van der Waals surface area contributed by atoms with E-state index < -0.39 is 0 Å². The van der Waals surface area contributed by atoms with E-state index in [1.807, 2.05) is 47.9 Å². The van der Waals surface area contributed by atoms with E-state index in [4.69, 9.17) is 4.74 Å². The number of rotatable bonds is 6. The molecule has 1 aliphatic rings. The summed E-state index contributed by atoms with van der Waals surface area (Å²) in [6, 6.07) is 8.01. The van der Waals surface area contributed by atoms with Gasteiger partial charge in [-0.2, -0.15) is 11.8 Å². The standard InChI is InChI=1S/C16H24N2O2S/c1-11(8-9-21-4)18-15(17-12(2)16(18)19)13-6-5-7-14(10-13)20-3/h5-7,10-12,15,17H,8-9H2,1-4H3. The quantitative estimate of drug-likeness (QED) is 0.877. The normalized spacial score (nSPS) is 23.4. The Kier molecular flexibility index (Phi) is 5.53. The molecule has 1 aromatic rings. The molecule has 1 saturated heterocycles. The van der Waals surface area contributed by atoms with Crippen LogP contribution in [0.3, 0.4) is 0 Å². The van der Waals surface area contributed by atoms with E-state index in [0.29, 0.717) is 0 Å². The van der Waals surface area contributed by atoms with Crippen molar-refractivity contribution < 1.29 is 9.53 Å². The molecule has 2 rings (SSSR count). The van der Waals surface area contributed by atoms with Crippen LogP contribution in [0.2, 0.25) is 0 Å². The van der Waals surface area contributed by atoms with Gasteiger partial charge in [-0.05, 0) is 50.0 Å². The van der Waals surface area contributed by atoms with Crippen LogP contribution >= 0.6 is 11.8 Å². The van der Waals surface area contributed by atoms with Crippen molar-refractivity contribution in [2.45, 2.75) is 38.5 Å². The van der Waals surface area contributed by atoms with Gasteiger partial charge in [-0.1, -0.05) is 12.1 Å². The van der Waals surface area contributed by atoms with E-state index >= 15 is 0 Å². The maximum absolute atomic E-state index is 12.5. The minimum absolute atomic E-state index is 0.0699. The molecule has 1 aromatic carbocycles. The van der Waals surface area contributed by atoms with Crippen LogP contribution < -0.4 is 10.1 Å². The van der Waals surface area contributed by atoms with Crippen LogP contribution in [0.25, 0.3) is 0 Å². The summed E-state index contributed by atoms with van der Waals surface area (Å²) in [6.07, 6.45) is 3.03. The molecule has 0 saturated carbocycles. The molecule has 0 aromatic heterocycles. The molecular formula is C16H24N2O2S. The van der Waals surface area contributed by atoms with Gasteiger partial charge in [0.25, 0.3) is 0 Å². The highest BCUT2D eigenvalue weighted by atomic mass is 32.2. The fourth-order valence-corrected chi connectivity index (χ4v) is 3.28. The third-order valence-corrected chi connectivity index (χ3v) is 4.58. The number of carbonyl (C=O) groups excluding carboxylic acids is 1. The highest BCUT2D eigenvalue weighted by Gasteiger charge is 2.39. The zero-order chi connectivity index (χ0) is 15.4. The van der Waals surface area contributed by atoms with Gasteiger partial charge in [-0.3, -0.25) is 10.1 Å². The lowest BCUT2D eigenvalue weighted by molar-refractivity contribution is -0.131. The van der Waals surface area contributed by atoms with Gasteiger partial charge in [0.1, 0.15) is 11.9 Å². The summed E-state index contributed by atoms with van der Waals surface area (Å²) in [6.45, 7) is 4.05. The zero-order valence-electron chi connectivity index (χ0n) is 13.1. The molecule has 1 heterocycles. The second kappa shape index (κ2) is 7.18. The van der Waals surface area contributed by atoms with Crippen molar-refractivity contribution in [2.75, 3.05) is 19.1 Å². The number of carbonyl (C=O) groups is 1. The average molecular weight is 308 g/mol. The second-order valence-corrected chi connectivity index (χ2v) is 6.43. The number of hydrogen-bond acceptors (Lipinski definition) is 4. The maximum Gasteiger partial charge on any atom is 0.241 e. The fourth-order valence-electron chi connectivity index (χ4n) is 2.71.